The highest BCUT2D eigenvalue weighted by Gasteiger charge is 2.37. The number of fused-ring (bicyclic) bond motifs is 1. The fourth-order valence-electron chi connectivity index (χ4n) is 2.72. The van der Waals surface area contributed by atoms with E-state index >= 15 is 0 Å². The highest BCUT2D eigenvalue weighted by Crippen LogP contribution is 2.31. The number of halogens is 3. The van der Waals surface area contributed by atoms with Gasteiger partial charge in [0.2, 0.25) is 0 Å². The minimum Gasteiger partial charge on any atom is -0.357 e. The average Bonchev–Trinajstić information content (AvgIpc) is 3.29. The van der Waals surface area contributed by atoms with Crippen LogP contribution < -0.4 is 5.32 Å². The van der Waals surface area contributed by atoms with Crippen molar-refractivity contribution in [1.82, 2.24) is 19.8 Å². The minimum absolute atomic E-state index is 0.0379. The van der Waals surface area contributed by atoms with E-state index in [1.807, 2.05) is 48.7 Å². The molecule has 4 aromatic rings. The van der Waals surface area contributed by atoms with E-state index in [2.05, 4.69) is 20.6 Å². The second-order valence-corrected chi connectivity index (χ2v) is 6.99. The molecule has 5 nitrogen and oxygen atoms in total. The van der Waals surface area contributed by atoms with E-state index in [1.54, 1.807) is 17.4 Å². The summed E-state index contributed by atoms with van der Waals surface area (Å²) in [6, 6.07) is 14.7. The van der Waals surface area contributed by atoms with Gasteiger partial charge >= 0.3 is 6.18 Å². The van der Waals surface area contributed by atoms with Crippen LogP contribution in [0.5, 0.6) is 0 Å². The van der Waals surface area contributed by atoms with Crippen LogP contribution in [0, 0.1) is 6.92 Å². The molecule has 1 unspecified atom stereocenters. The molecular weight excluding hydrogens is 375 g/mol. The molecule has 1 N–H and O–H groups in total. The van der Waals surface area contributed by atoms with Gasteiger partial charge in [-0.05, 0) is 36.1 Å². The summed E-state index contributed by atoms with van der Waals surface area (Å²) in [5, 5.41) is 16.0. The van der Waals surface area contributed by atoms with Crippen LogP contribution >= 0.6 is 11.3 Å². The Bertz CT molecular complexity index is 1050. The van der Waals surface area contributed by atoms with Crippen LogP contribution in [0.15, 0.2) is 53.9 Å². The van der Waals surface area contributed by atoms with Crippen LogP contribution in [0.3, 0.4) is 0 Å². The summed E-state index contributed by atoms with van der Waals surface area (Å²) in [6.07, 6.45) is -4.63. The van der Waals surface area contributed by atoms with Crippen molar-refractivity contribution in [2.45, 2.75) is 19.1 Å². The van der Waals surface area contributed by atoms with E-state index in [9.17, 15) is 13.2 Å². The molecule has 0 saturated heterocycles. The molecule has 0 bridgehead atoms. The number of anilines is 1. The Labute approximate surface area is 156 Å². The van der Waals surface area contributed by atoms with Gasteiger partial charge in [0, 0.05) is 4.88 Å². The average molecular weight is 389 g/mol. The first-order valence-corrected chi connectivity index (χ1v) is 8.96. The van der Waals surface area contributed by atoms with Gasteiger partial charge < -0.3 is 5.32 Å². The zero-order valence-electron chi connectivity index (χ0n) is 14.1. The van der Waals surface area contributed by atoms with E-state index in [0.29, 0.717) is 10.3 Å². The molecule has 9 heteroatoms. The normalized spacial score (nSPS) is 13.0. The van der Waals surface area contributed by atoms with Gasteiger partial charge in [-0.1, -0.05) is 35.9 Å². The Morgan fingerprint density at radius 2 is 1.81 bits per heavy atom. The topological polar surface area (TPSA) is 55.1 Å². The Hall–Kier alpha value is -2.94. The van der Waals surface area contributed by atoms with Crippen LogP contribution in [0.2, 0.25) is 0 Å². The zero-order valence-corrected chi connectivity index (χ0v) is 14.9. The summed E-state index contributed by atoms with van der Waals surface area (Å²) < 4.78 is 40.0. The summed E-state index contributed by atoms with van der Waals surface area (Å²) in [5.41, 5.74) is 2.16. The van der Waals surface area contributed by atoms with E-state index < -0.39 is 12.0 Å². The Morgan fingerprint density at radius 3 is 2.48 bits per heavy atom. The Kier molecular flexibility index (Phi) is 4.31. The first-order chi connectivity index (χ1) is 12.9. The lowest BCUT2D eigenvalue weighted by molar-refractivity contribution is -0.146. The number of nitrogens with zero attached hydrogens (tertiary/aromatic N) is 4. The van der Waals surface area contributed by atoms with Crippen molar-refractivity contribution in [2.24, 2.45) is 0 Å². The molecule has 0 aliphatic carbocycles. The van der Waals surface area contributed by atoms with E-state index in [0.717, 1.165) is 16.0 Å². The number of aromatic nitrogens is 4. The SMILES string of the molecule is Cc1ccc(C(Nc2ccc3nnc(C(F)(F)F)n3n2)c2cccs2)cc1. The molecule has 0 fully saturated rings. The molecule has 3 heterocycles. The summed E-state index contributed by atoms with van der Waals surface area (Å²) in [4.78, 5) is 1.03. The molecule has 0 aliphatic heterocycles. The van der Waals surface area contributed by atoms with Gasteiger partial charge in [-0.2, -0.15) is 17.7 Å². The van der Waals surface area contributed by atoms with Gasteiger partial charge in [0.15, 0.2) is 5.65 Å². The molecule has 1 aromatic carbocycles. The number of aryl methyl sites for hydroxylation is 1. The van der Waals surface area contributed by atoms with Gasteiger partial charge in [-0.3, -0.25) is 0 Å². The maximum atomic E-state index is 13.1. The lowest BCUT2D eigenvalue weighted by atomic mass is 10.0. The third kappa shape index (κ3) is 3.50. The summed E-state index contributed by atoms with van der Waals surface area (Å²) >= 11 is 1.56. The van der Waals surface area contributed by atoms with Gasteiger partial charge in [0.05, 0.1) is 6.04 Å². The molecule has 0 spiro atoms. The van der Waals surface area contributed by atoms with Crippen molar-refractivity contribution in [3.8, 4) is 0 Å². The predicted molar refractivity (Wildman–Crippen MR) is 96.7 cm³/mol. The molecule has 4 rings (SSSR count). The molecule has 0 radical (unpaired) electrons. The lowest BCUT2D eigenvalue weighted by Gasteiger charge is -2.19. The van der Waals surface area contributed by atoms with Gasteiger partial charge in [0.1, 0.15) is 5.82 Å². The molecule has 0 saturated carbocycles. The highest BCUT2D eigenvalue weighted by atomic mass is 32.1. The summed E-state index contributed by atoms with van der Waals surface area (Å²) in [5.74, 6) is -0.851. The monoisotopic (exact) mass is 389 g/mol. The lowest BCUT2D eigenvalue weighted by Crippen LogP contribution is -2.16. The smallest absolute Gasteiger partial charge is 0.357 e. The number of nitrogens with one attached hydrogen (secondary N) is 1. The highest BCUT2D eigenvalue weighted by molar-refractivity contribution is 7.10. The van der Waals surface area contributed by atoms with E-state index in [1.165, 1.54) is 6.07 Å². The molecule has 0 amide bonds. The number of alkyl halides is 3. The largest absolute Gasteiger partial charge is 0.453 e. The maximum absolute atomic E-state index is 13.1. The molecule has 138 valence electrons. The maximum Gasteiger partial charge on any atom is 0.453 e. The van der Waals surface area contributed by atoms with Crippen LogP contribution in [0.4, 0.5) is 19.0 Å². The van der Waals surface area contributed by atoms with Crippen molar-refractivity contribution in [3.63, 3.8) is 0 Å². The van der Waals surface area contributed by atoms with Crippen molar-refractivity contribution >= 4 is 22.8 Å². The summed E-state index contributed by atoms with van der Waals surface area (Å²) in [6.45, 7) is 2.00. The standard InChI is InChI=1S/C18H14F3N5S/c1-11-4-6-12(7-5-11)16(13-3-2-10-27-13)22-14-8-9-15-23-24-17(18(19,20)21)26(15)25-14/h2-10,16H,1H3,(H,22,25). The number of thiophene rings is 1. The van der Waals surface area contributed by atoms with E-state index in [-0.39, 0.29) is 11.7 Å². The molecule has 27 heavy (non-hydrogen) atoms. The molecular formula is C18H14F3N5S. The molecule has 1 atom stereocenters. The Morgan fingerprint density at radius 1 is 1.04 bits per heavy atom. The van der Waals surface area contributed by atoms with Crippen LogP contribution in [0.25, 0.3) is 5.65 Å². The van der Waals surface area contributed by atoms with Crippen molar-refractivity contribution in [3.05, 3.63) is 75.7 Å². The zero-order chi connectivity index (χ0) is 19.0. The fourth-order valence-corrected chi connectivity index (χ4v) is 3.53. The van der Waals surface area contributed by atoms with Crippen molar-refractivity contribution < 1.29 is 13.2 Å². The second-order valence-electron chi connectivity index (χ2n) is 6.01. The minimum atomic E-state index is -4.63. The third-order valence-electron chi connectivity index (χ3n) is 4.05. The first-order valence-electron chi connectivity index (χ1n) is 8.08. The quantitative estimate of drug-likeness (QED) is 0.549. The van der Waals surface area contributed by atoms with Gasteiger partial charge in [0.25, 0.3) is 5.82 Å². The number of hydrogen-bond donors (Lipinski definition) is 1. The number of benzene rings is 1. The third-order valence-corrected chi connectivity index (χ3v) is 4.98. The van der Waals surface area contributed by atoms with Gasteiger partial charge in [-0.25, -0.2) is 0 Å². The molecule has 0 aliphatic rings. The van der Waals surface area contributed by atoms with Crippen molar-refractivity contribution in [1.29, 1.82) is 0 Å². The summed E-state index contributed by atoms with van der Waals surface area (Å²) in [7, 11) is 0. The number of rotatable bonds is 4. The second kappa shape index (κ2) is 6.66. The molecule has 3 aromatic heterocycles. The first kappa shape index (κ1) is 17.5. The Balaban J connectivity index is 1.74. The van der Waals surface area contributed by atoms with Crippen molar-refractivity contribution in [2.75, 3.05) is 5.32 Å². The predicted octanol–water partition coefficient (Wildman–Crippen LogP) is 4.71. The van der Waals surface area contributed by atoms with E-state index in [4.69, 9.17) is 0 Å². The van der Waals surface area contributed by atoms with Crippen LogP contribution in [0.1, 0.15) is 27.9 Å². The fraction of sp³-hybridized carbons (Fsp3) is 0.167. The number of hydrogen-bond acceptors (Lipinski definition) is 5. The van der Waals surface area contributed by atoms with Crippen LogP contribution in [-0.2, 0) is 6.18 Å². The van der Waals surface area contributed by atoms with Gasteiger partial charge in [-0.15, -0.1) is 26.6 Å². The van der Waals surface area contributed by atoms with Crippen LogP contribution in [-0.4, -0.2) is 19.8 Å².